The first kappa shape index (κ1) is 16.0. The number of ether oxygens (including phenoxy) is 1. The molecule has 0 aromatic rings. The van der Waals surface area contributed by atoms with Gasteiger partial charge in [-0.2, -0.15) is 0 Å². The van der Waals surface area contributed by atoms with Crippen molar-refractivity contribution in [2.45, 2.75) is 65.4 Å². The maximum atomic E-state index is 11.8. The van der Waals surface area contributed by atoms with Crippen molar-refractivity contribution in [2.75, 3.05) is 0 Å². The average Bonchev–Trinajstić information content (AvgIpc) is 2.27. The predicted molar refractivity (Wildman–Crippen MR) is 72.7 cm³/mol. The van der Waals surface area contributed by atoms with Crippen molar-refractivity contribution >= 4 is 11.9 Å². The number of carbonyl (C=O) groups excluding carboxylic acids is 1. The molecule has 1 saturated carbocycles. The lowest BCUT2D eigenvalue weighted by atomic mass is 9.75. The van der Waals surface area contributed by atoms with Gasteiger partial charge in [0.1, 0.15) is 6.10 Å². The monoisotopic (exact) mass is 270 g/mol. The molecule has 1 rings (SSSR count). The highest BCUT2D eigenvalue weighted by molar-refractivity contribution is 5.71. The van der Waals surface area contributed by atoms with Crippen molar-refractivity contribution in [3.05, 3.63) is 0 Å². The van der Waals surface area contributed by atoms with Gasteiger partial charge in [-0.1, -0.05) is 27.2 Å². The van der Waals surface area contributed by atoms with Gasteiger partial charge in [-0.25, -0.2) is 0 Å². The zero-order chi connectivity index (χ0) is 14.4. The first-order valence-corrected chi connectivity index (χ1v) is 7.31. The van der Waals surface area contributed by atoms with Crippen molar-refractivity contribution in [1.82, 2.24) is 0 Å². The minimum Gasteiger partial charge on any atom is -0.481 e. The molecule has 19 heavy (non-hydrogen) atoms. The summed E-state index contributed by atoms with van der Waals surface area (Å²) >= 11 is 0. The Morgan fingerprint density at radius 1 is 1.26 bits per heavy atom. The molecule has 0 aromatic carbocycles. The summed E-state index contributed by atoms with van der Waals surface area (Å²) in [6, 6.07) is 0. The molecule has 1 fully saturated rings. The smallest absolute Gasteiger partial charge is 0.306 e. The first-order chi connectivity index (χ1) is 8.90. The zero-order valence-electron chi connectivity index (χ0n) is 12.2. The van der Waals surface area contributed by atoms with Gasteiger partial charge < -0.3 is 9.84 Å². The molecule has 1 unspecified atom stereocenters. The molecule has 1 aliphatic carbocycles. The van der Waals surface area contributed by atoms with E-state index in [1.807, 2.05) is 0 Å². The van der Waals surface area contributed by atoms with E-state index in [0.717, 1.165) is 12.8 Å². The molecule has 0 heterocycles. The molecule has 110 valence electrons. The van der Waals surface area contributed by atoms with Crippen LogP contribution < -0.4 is 0 Å². The third-order valence-corrected chi connectivity index (χ3v) is 4.02. The van der Waals surface area contributed by atoms with Gasteiger partial charge in [-0.05, 0) is 37.0 Å². The molecule has 3 atom stereocenters. The van der Waals surface area contributed by atoms with Crippen LogP contribution in [0.1, 0.15) is 59.3 Å². The summed E-state index contributed by atoms with van der Waals surface area (Å²) in [7, 11) is 0. The van der Waals surface area contributed by atoms with Gasteiger partial charge >= 0.3 is 11.9 Å². The molecule has 4 heteroatoms. The number of carbonyl (C=O) groups is 2. The second-order valence-corrected chi connectivity index (χ2v) is 6.10. The van der Waals surface area contributed by atoms with Gasteiger partial charge in [-0.15, -0.1) is 0 Å². The lowest BCUT2D eigenvalue weighted by Gasteiger charge is -2.36. The number of esters is 1. The Hall–Kier alpha value is -1.06. The van der Waals surface area contributed by atoms with Crippen LogP contribution in [0.2, 0.25) is 0 Å². The maximum Gasteiger partial charge on any atom is 0.306 e. The molecular formula is C15H26O4. The number of hydrogen-bond acceptors (Lipinski definition) is 3. The van der Waals surface area contributed by atoms with Crippen molar-refractivity contribution in [1.29, 1.82) is 0 Å². The Balaban J connectivity index is 2.42. The normalized spacial score (nSPS) is 27.3. The van der Waals surface area contributed by atoms with Gasteiger partial charge in [-0.3, -0.25) is 9.59 Å². The van der Waals surface area contributed by atoms with Crippen LogP contribution in [0.25, 0.3) is 0 Å². The third-order valence-electron chi connectivity index (χ3n) is 4.02. The first-order valence-electron chi connectivity index (χ1n) is 7.31. The molecular weight excluding hydrogens is 244 g/mol. The SMILES string of the molecule is CC1CC[C@@H](C(C)C)[C@H](OC(=O)CCCC(=O)O)C1. The summed E-state index contributed by atoms with van der Waals surface area (Å²) in [6.07, 6.45) is 3.88. The van der Waals surface area contributed by atoms with Crippen LogP contribution in [0.4, 0.5) is 0 Å². The summed E-state index contributed by atoms with van der Waals surface area (Å²) in [6.45, 7) is 6.54. The Bertz CT molecular complexity index is 311. The summed E-state index contributed by atoms with van der Waals surface area (Å²) in [4.78, 5) is 22.2. The van der Waals surface area contributed by atoms with Crippen LogP contribution in [0.5, 0.6) is 0 Å². The molecule has 1 aliphatic rings. The van der Waals surface area contributed by atoms with Crippen molar-refractivity contribution < 1.29 is 19.4 Å². The van der Waals surface area contributed by atoms with E-state index in [-0.39, 0.29) is 24.9 Å². The zero-order valence-corrected chi connectivity index (χ0v) is 12.2. The standard InChI is InChI=1S/C15H26O4/c1-10(2)12-8-7-11(3)9-13(12)19-15(18)6-4-5-14(16)17/h10-13H,4-9H2,1-3H3,(H,16,17)/t11?,12-,13+/m0/s1. The fraction of sp³-hybridized carbons (Fsp3) is 0.867. The maximum absolute atomic E-state index is 11.8. The molecule has 0 amide bonds. The van der Waals surface area contributed by atoms with Gasteiger partial charge in [0.05, 0.1) is 0 Å². The average molecular weight is 270 g/mol. The summed E-state index contributed by atoms with van der Waals surface area (Å²) in [5, 5.41) is 8.55. The highest BCUT2D eigenvalue weighted by Gasteiger charge is 2.33. The van der Waals surface area contributed by atoms with E-state index in [1.54, 1.807) is 0 Å². The summed E-state index contributed by atoms with van der Waals surface area (Å²) in [5.41, 5.74) is 0. The van der Waals surface area contributed by atoms with Gasteiger partial charge in [0.2, 0.25) is 0 Å². The molecule has 0 radical (unpaired) electrons. The highest BCUT2D eigenvalue weighted by atomic mass is 16.5. The topological polar surface area (TPSA) is 63.6 Å². The van der Waals surface area contributed by atoms with E-state index in [2.05, 4.69) is 20.8 Å². The molecule has 0 aliphatic heterocycles. The van der Waals surface area contributed by atoms with E-state index in [9.17, 15) is 9.59 Å². The van der Waals surface area contributed by atoms with Crippen LogP contribution in [0.15, 0.2) is 0 Å². The quantitative estimate of drug-likeness (QED) is 0.752. The Labute approximate surface area is 115 Å². The lowest BCUT2D eigenvalue weighted by molar-refractivity contribution is -0.156. The fourth-order valence-corrected chi connectivity index (χ4v) is 2.86. The Morgan fingerprint density at radius 3 is 2.53 bits per heavy atom. The van der Waals surface area contributed by atoms with E-state index in [1.165, 1.54) is 6.42 Å². The third kappa shape index (κ3) is 5.62. The molecule has 0 spiro atoms. The van der Waals surface area contributed by atoms with Crippen LogP contribution in [-0.2, 0) is 14.3 Å². The van der Waals surface area contributed by atoms with Crippen LogP contribution >= 0.6 is 0 Å². The van der Waals surface area contributed by atoms with E-state index >= 15 is 0 Å². The fourth-order valence-electron chi connectivity index (χ4n) is 2.86. The van der Waals surface area contributed by atoms with Crippen LogP contribution in [0, 0.1) is 17.8 Å². The Morgan fingerprint density at radius 2 is 1.95 bits per heavy atom. The number of carboxylic acids is 1. The molecule has 1 N–H and O–H groups in total. The largest absolute Gasteiger partial charge is 0.481 e. The molecule has 0 saturated heterocycles. The van der Waals surface area contributed by atoms with E-state index in [0.29, 0.717) is 24.2 Å². The second kappa shape index (κ2) is 7.51. The van der Waals surface area contributed by atoms with Crippen LogP contribution in [0.3, 0.4) is 0 Å². The molecule has 4 nitrogen and oxygen atoms in total. The van der Waals surface area contributed by atoms with Crippen molar-refractivity contribution in [2.24, 2.45) is 17.8 Å². The second-order valence-electron chi connectivity index (χ2n) is 6.10. The minimum atomic E-state index is -0.862. The highest BCUT2D eigenvalue weighted by Crippen LogP contribution is 2.35. The number of rotatable bonds is 6. The molecule has 0 aromatic heterocycles. The van der Waals surface area contributed by atoms with Crippen molar-refractivity contribution in [3.63, 3.8) is 0 Å². The summed E-state index contributed by atoms with van der Waals surface area (Å²) < 4.78 is 5.59. The number of aliphatic carboxylic acids is 1. The predicted octanol–water partition coefficient (Wildman–Crippen LogP) is 3.25. The van der Waals surface area contributed by atoms with E-state index in [4.69, 9.17) is 9.84 Å². The van der Waals surface area contributed by atoms with E-state index < -0.39 is 5.97 Å². The van der Waals surface area contributed by atoms with Gasteiger partial charge in [0, 0.05) is 12.8 Å². The van der Waals surface area contributed by atoms with Crippen LogP contribution in [-0.4, -0.2) is 23.1 Å². The number of hydrogen-bond donors (Lipinski definition) is 1. The van der Waals surface area contributed by atoms with Gasteiger partial charge in [0.25, 0.3) is 0 Å². The minimum absolute atomic E-state index is 0.0149. The molecule has 0 bridgehead atoms. The summed E-state index contributed by atoms with van der Waals surface area (Å²) in [5.74, 6) is 0.459. The number of carboxylic acid groups (broad SMARTS) is 1. The Kier molecular flexibility index (Phi) is 6.32. The van der Waals surface area contributed by atoms with Gasteiger partial charge in [0.15, 0.2) is 0 Å². The lowest BCUT2D eigenvalue weighted by Crippen LogP contribution is -2.35. The van der Waals surface area contributed by atoms with Crippen molar-refractivity contribution in [3.8, 4) is 0 Å².